The number of esters is 1. The van der Waals surface area contributed by atoms with E-state index in [-0.39, 0.29) is 21.3 Å². The van der Waals surface area contributed by atoms with Crippen molar-refractivity contribution in [3.63, 3.8) is 0 Å². The highest BCUT2D eigenvalue weighted by atomic mass is 32.1. The fraction of sp³-hybridized carbons (Fsp3) is 0.259. The van der Waals surface area contributed by atoms with Gasteiger partial charge in [0.2, 0.25) is 0 Å². The summed E-state index contributed by atoms with van der Waals surface area (Å²) < 4.78 is 21.1. The lowest BCUT2D eigenvalue weighted by Crippen LogP contribution is -2.29. The molecular formula is C27H26N2O8S. The molecule has 1 aliphatic rings. The van der Waals surface area contributed by atoms with Crippen LogP contribution >= 0.6 is 11.3 Å². The van der Waals surface area contributed by atoms with Gasteiger partial charge in [-0.15, -0.1) is 0 Å². The van der Waals surface area contributed by atoms with E-state index in [1.807, 2.05) is 0 Å². The number of aliphatic hydroxyl groups is 1. The standard InChI is InChI=1S/C27H26N2O8S/c1-13-11-15(7-9-18(13)35-4)22(30)20-21(17-12-16(34-3)8-10-19(17)36-5)29(25(32)23(20)31)27-28-14(2)24(38-27)26(33)37-6/h7-12,21,30H,1-6H3. The molecule has 2 heterocycles. The number of carbonyl (C=O) groups is 3. The molecule has 0 bridgehead atoms. The van der Waals surface area contributed by atoms with Gasteiger partial charge in [0, 0.05) is 11.1 Å². The van der Waals surface area contributed by atoms with Crippen molar-refractivity contribution in [1.82, 2.24) is 4.98 Å². The zero-order valence-electron chi connectivity index (χ0n) is 21.6. The Bertz CT molecular complexity index is 1480. The molecule has 198 valence electrons. The number of nitrogens with zero attached hydrogens (tertiary/aromatic N) is 2. The van der Waals surface area contributed by atoms with Gasteiger partial charge in [0.05, 0.1) is 39.7 Å². The van der Waals surface area contributed by atoms with Gasteiger partial charge in [-0.3, -0.25) is 14.5 Å². The van der Waals surface area contributed by atoms with Crippen LogP contribution in [-0.2, 0) is 14.3 Å². The summed E-state index contributed by atoms with van der Waals surface area (Å²) in [5.41, 5.74) is 1.59. The Labute approximate surface area is 223 Å². The number of aryl methyl sites for hydroxylation is 2. The van der Waals surface area contributed by atoms with Gasteiger partial charge in [-0.25, -0.2) is 9.78 Å². The maximum Gasteiger partial charge on any atom is 0.350 e. The monoisotopic (exact) mass is 538 g/mol. The van der Waals surface area contributed by atoms with Crippen molar-refractivity contribution >= 4 is 39.9 Å². The van der Waals surface area contributed by atoms with Crippen LogP contribution in [0.15, 0.2) is 42.0 Å². The third-order valence-corrected chi connectivity index (χ3v) is 7.34. The maximum atomic E-state index is 13.5. The number of hydrogen-bond acceptors (Lipinski definition) is 10. The largest absolute Gasteiger partial charge is 0.507 e. The molecule has 10 nitrogen and oxygen atoms in total. The van der Waals surface area contributed by atoms with E-state index in [0.29, 0.717) is 34.1 Å². The molecule has 3 aromatic rings. The molecule has 1 unspecified atom stereocenters. The molecule has 11 heteroatoms. The van der Waals surface area contributed by atoms with E-state index in [1.54, 1.807) is 50.2 Å². The molecule has 38 heavy (non-hydrogen) atoms. The van der Waals surface area contributed by atoms with Crippen LogP contribution in [0, 0.1) is 13.8 Å². The van der Waals surface area contributed by atoms with Crippen LogP contribution in [0.3, 0.4) is 0 Å². The van der Waals surface area contributed by atoms with Gasteiger partial charge >= 0.3 is 11.9 Å². The Morgan fingerprint density at radius 2 is 1.66 bits per heavy atom. The molecule has 1 amide bonds. The summed E-state index contributed by atoms with van der Waals surface area (Å²) in [5, 5.41) is 11.5. The maximum absolute atomic E-state index is 13.5. The lowest BCUT2D eigenvalue weighted by atomic mass is 9.94. The van der Waals surface area contributed by atoms with E-state index < -0.39 is 23.7 Å². The van der Waals surface area contributed by atoms with Gasteiger partial charge in [-0.1, -0.05) is 11.3 Å². The van der Waals surface area contributed by atoms with Crippen molar-refractivity contribution in [2.75, 3.05) is 33.3 Å². The molecule has 2 aromatic carbocycles. The topological polar surface area (TPSA) is 124 Å². The highest BCUT2D eigenvalue weighted by Crippen LogP contribution is 2.47. The Hall–Kier alpha value is -4.38. The number of benzene rings is 2. The number of aromatic nitrogens is 1. The fourth-order valence-electron chi connectivity index (χ4n) is 4.33. The second-order valence-corrected chi connectivity index (χ2v) is 9.34. The van der Waals surface area contributed by atoms with Crippen molar-refractivity contribution in [2.24, 2.45) is 0 Å². The molecule has 1 aliphatic heterocycles. The fourth-order valence-corrected chi connectivity index (χ4v) is 5.34. The van der Waals surface area contributed by atoms with Gasteiger partial charge < -0.3 is 24.1 Å². The van der Waals surface area contributed by atoms with E-state index in [2.05, 4.69) is 4.98 Å². The van der Waals surface area contributed by atoms with Gasteiger partial charge in [-0.05, 0) is 55.8 Å². The van der Waals surface area contributed by atoms with Crippen LogP contribution in [0.5, 0.6) is 17.2 Å². The van der Waals surface area contributed by atoms with E-state index in [0.717, 1.165) is 21.8 Å². The third kappa shape index (κ3) is 4.45. The second kappa shape index (κ2) is 10.5. The minimum Gasteiger partial charge on any atom is -0.507 e. The highest BCUT2D eigenvalue weighted by Gasteiger charge is 2.49. The number of carbonyl (C=O) groups excluding carboxylic acids is 3. The van der Waals surface area contributed by atoms with Gasteiger partial charge in [-0.2, -0.15) is 0 Å². The van der Waals surface area contributed by atoms with Crippen LogP contribution in [0.1, 0.15) is 38.1 Å². The number of Topliss-reactive ketones (excluding diaryl/α,β-unsaturated/α-hetero) is 1. The first-order chi connectivity index (χ1) is 18.2. The minimum absolute atomic E-state index is 0.0878. The molecule has 1 fully saturated rings. The van der Waals surface area contributed by atoms with E-state index in [1.165, 1.54) is 28.4 Å². The number of amides is 1. The quantitative estimate of drug-likeness (QED) is 0.204. The Balaban J connectivity index is 2.01. The minimum atomic E-state index is -1.14. The van der Waals surface area contributed by atoms with Crippen molar-refractivity contribution in [3.05, 3.63) is 69.2 Å². The van der Waals surface area contributed by atoms with Crippen molar-refractivity contribution in [1.29, 1.82) is 0 Å². The summed E-state index contributed by atoms with van der Waals surface area (Å²) in [7, 11) is 5.70. The first-order valence-electron chi connectivity index (χ1n) is 11.4. The highest BCUT2D eigenvalue weighted by molar-refractivity contribution is 7.17. The van der Waals surface area contributed by atoms with Crippen LogP contribution in [-0.4, -0.2) is 56.2 Å². The number of thiazole rings is 1. The van der Waals surface area contributed by atoms with Crippen molar-refractivity contribution < 1.29 is 38.4 Å². The number of aliphatic hydroxyl groups excluding tert-OH is 1. The SMILES string of the molecule is COC(=O)c1sc(N2C(=O)C(=O)C(=C(O)c3ccc(OC)c(C)c3)C2c2cc(OC)ccc2OC)nc1C. The van der Waals surface area contributed by atoms with Crippen LogP contribution < -0.4 is 19.1 Å². The summed E-state index contributed by atoms with van der Waals surface area (Å²) >= 11 is 0.908. The molecular weight excluding hydrogens is 512 g/mol. The summed E-state index contributed by atoms with van der Waals surface area (Å²) in [6, 6.07) is 8.70. The summed E-state index contributed by atoms with van der Waals surface area (Å²) in [6.45, 7) is 3.40. The van der Waals surface area contributed by atoms with Crippen molar-refractivity contribution in [3.8, 4) is 17.2 Å². The second-order valence-electron chi connectivity index (χ2n) is 8.36. The third-order valence-electron chi connectivity index (χ3n) is 6.21. The number of rotatable bonds is 7. The molecule has 1 N–H and O–H groups in total. The van der Waals surface area contributed by atoms with E-state index in [4.69, 9.17) is 18.9 Å². The Kier molecular flexibility index (Phi) is 7.40. The zero-order chi connectivity index (χ0) is 27.7. The predicted molar refractivity (Wildman–Crippen MR) is 140 cm³/mol. The normalized spacial score (nSPS) is 16.5. The van der Waals surface area contributed by atoms with Crippen LogP contribution in [0.2, 0.25) is 0 Å². The number of anilines is 1. The Morgan fingerprint density at radius 3 is 2.26 bits per heavy atom. The summed E-state index contributed by atoms with van der Waals surface area (Å²) in [5.74, 6) is -1.45. The van der Waals surface area contributed by atoms with E-state index >= 15 is 0 Å². The molecule has 0 saturated carbocycles. The zero-order valence-corrected chi connectivity index (χ0v) is 22.5. The van der Waals surface area contributed by atoms with Crippen LogP contribution in [0.25, 0.3) is 5.76 Å². The Morgan fingerprint density at radius 1 is 0.974 bits per heavy atom. The average Bonchev–Trinajstić information content (AvgIpc) is 3.43. The first kappa shape index (κ1) is 26.7. The lowest BCUT2D eigenvalue weighted by molar-refractivity contribution is -0.132. The molecule has 1 aromatic heterocycles. The number of hydrogen-bond donors (Lipinski definition) is 1. The number of ketones is 1. The summed E-state index contributed by atoms with van der Waals surface area (Å²) in [4.78, 5) is 45.0. The van der Waals surface area contributed by atoms with Gasteiger partial charge in [0.1, 0.15) is 33.9 Å². The average molecular weight is 539 g/mol. The van der Waals surface area contributed by atoms with E-state index in [9.17, 15) is 19.5 Å². The van der Waals surface area contributed by atoms with Gasteiger partial charge in [0.25, 0.3) is 5.78 Å². The molecule has 1 saturated heterocycles. The first-order valence-corrected chi connectivity index (χ1v) is 12.2. The van der Waals surface area contributed by atoms with Crippen molar-refractivity contribution in [2.45, 2.75) is 19.9 Å². The summed E-state index contributed by atoms with van der Waals surface area (Å²) in [6.07, 6.45) is 0. The van der Waals surface area contributed by atoms with Gasteiger partial charge in [0.15, 0.2) is 5.13 Å². The predicted octanol–water partition coefficient (Wildman–Crippen LogP) is 4.20. The number of ether oxygens (including phenoxy) is 4. The molecule has 0 aliphatic carbocycles. The number of methoxy groups -OCH3 is 4. The molecule has 0 radical (unpaired) electrons. The molecule has 1 atom stereocenters. The molecule has 0 spiro atoms. The molecule has 4 rings (SSSR count). The smallest absolute Gasteiger partial charge is 0.350 e. The lowest BCUT2D eigenvalue weighted by Gasteiger charge is -2.25. The van der Waals surface area contributed by atoms with Crippen LogP contribution in [0.4, 0.5) is 5.13 Å².